The third-order valence-electron chi connectivity index (χ3n) is 1.24. The van der Waals surface area contributed by atoms with E-state index in [1.165, 1.54) is 6.42 Å². The van der Waals surface area contributed by atoms with Crippen LogP contribution in [0.25, 0.3) is 0 Å². The molecule has 0 aromatic heterocycles. The van der Waals surface area contributed by atoms with Crippen LogP contribution in [-0.4, -0.2) is 11.1 Å². The van der Waals surface area contributed by atoms with E-state index >= 15 is 0 Å². The maximum absolute atomic E-state index is 9.96. The molecule has 0 fully saturated rings. The number of carbonyl (C=O) groups is 1. The first-order valence-corrected chi connectivity index (χ1v) is 3.49. The van der Waals surface area contributed by atoms with E-state index in [0.717, 1.165) is 19.3 Å². The van der Waals surface area contributed by atoms with Crippen LogP contribution in [0.5, 0.6) is 0 Å². The monoisotopic (exact) mass is 133 g/mol. The molecular weight excluding hydrogens is 119 g/mol. The molecule has 0 bridgehead atoms. The lowest BCUT2D eigenvalue weighted by Crippen LogP contribution is -1.92. The van der Waals surface area contributed by atoms with Crippen LogP contribution in [0.3, 0.4) is 0 Å². The van der Waals surface area contributed by atoms with Crippen LogP contribution in [0.1, 0.15) is 39.0 Å². The Labute approximate surface area is 55.9 Å². The lowest BCUT2D eigenvalue weighted by atomic mass is 10.3. The van der Waals surface area contributed by atoms with E-state index in [1.54, 1.807) is 0 Å². The first kappa shape index (κ1) is 8.47. The maximum atomic E-state index is 9.96. The van der Waals surface area contributed by atoms with Gasteiger partial charge in [-0.1, -0.05) is 26.2 Å². The topological polar surface area (TPSA) is 37.3 Å². The van der Waals surface area contributed by atoms with E-state index in [2.05, 4.69) is 6.92 Å². The summed E-state index contributed by atoms with van der Waals surface area (Å²) in [6.07, 6.45) is 4.55. The van der Waals surface area contributed by atoms with Crippen molar-refractivity contribution in [2.24, 2.45) is 0 Å². The molecule has 2 nitrogen and oxygen atoms in total. The van der Waals surface area contributed by atoms with E-state index in [4.69, 9.17) is 5.11 Å². The molecule has 0 aliphatic rings. The summed E-state index contributed by atoms with van der Waals surface area (Å²) in [5.74, 6) is -0.675. The maximum Gasteiger partial charge on any atom is 0.303 e. The van der Waals surface area contributed by atoms with Crippen molar-refractivity contribution in [3.63, 3.8) is 0 Å². The van der Waals surface area contributed by atoms with Crippen molar-refractivity contribution in [3.05, 3.63) is 0 Å². The summed E-state index contributed by atoms with van der Waals surface area (Å²) in [7, 11) is 0. The predicted octanol–water partition coefficient (Wildman–Crippen LogP) is 2.04. The van der Waals surface area contributed by atoms with Crippen LogP contribution in [0.4, 0.5) is 0 Å². The summed E-state index contributed by atoms with van der Waals surface area (Å²) in [6, 6.07) is 0. The largest absolute Gasteiger partial charge is 0.481 e. The molecule has 0 saturated heterocycles. The molecule has 0 aliphatic heterocycles. The lowest BCUT2D eigenvalue weighted by molar-refractivity contribution is -0.137. The third kappa shape index (κ3) is 7.47. The Balaban J connectivity index is 2.83. The van der Waals surface area contributed by atoms with E-state index in [9.17, 15) is 4.79 Å². The second kappa shape index (κ2) is 5.60. The summed E-state index contributed by atoms with van der Waals surface area (Å²) >= 11 is 0. The van der Waals surface area contributed by atoms with Gasteiger partial charge in [0.15, 0.2) is 0 Å². The SMILES string of the molecule is [13CH3][13CH2][13CH2]CCCC(=O)O. The second-order valence-electron chi connectivity index (χ2n) is 2.20. The van der Waals surface area contributed by atoms with Crippen LogP contribution in [-0.2, 0) is 4.79 Å². The van der Waals surface area contributed by atoms with Gasteiger partial charge >= 0.3 is 5.97 Å². The van der Waals surface area contributed by atoms with E-state index in [-0.39, 0.29) is 0 Å². The normalized spacial score (nSPS) is 9.44. The fraction of sp³-hybridized carbons (Fsp3) is 0.857. The molecule has 54 valence electrons. The molecule has 0 aromatic rings. The minimum absolute atomic E-state index is 0.333. The van der Waals surface area contributed by atoms with E-state index < -0.39 is 5.97 Å². The van der Waals surface area contributed by atoms with E-state index in [0.29, 0.717) is 6.42 Å². The summed E-state index contributed by atoms with van der Waals surface area (Å²) in [6.45, 7) is 2.11. The number of hydrogen-bond donors (Lipinski definition) is 1. The van der Waals surface area contributed by atoms with Crippen LogP contribution >= 0.6 is 0 Å². The Morgan fingerprint density at radius 2 is 2.00 bits per heavy atom. The molecule has 0 spiro atoms. The van der Waals surface area contributed by atoms with Crippen molar-refractivity contribution >= 4 is 5.97 Å². The molecule has 0 aromatic carbocycles. The quantitative estimate of drug-likeness (QED) is 0.460. The van der Waals surface area contributed by atoms with Gasteiger partial charge in [-0.3, -0.25) is 4.79 Å². The number of rotatable bonds is 5. The molecule has 0 radical (unpaired) electrons. The van der Waals surface area contributed by atoms with Gasteiger partial charge in [-0.05, 0) is 6.42 Å². The summed E-state index contributed by atoms with van der Waals surface area (Å²) < 4.78 is 0. The molecule has 0 rings (SSSR count). The van der Waals surface area contributed by atoms with Gasteiger partial charge in [0.1, 0.15) is 0 Å². The standard InChI is InChI=1S/C7H14O2/c1-2-3-4-5-6-7(8)9/h2-6H2,1H3,(H,8,9)/i1+1,2+1,3+1. The first-order chi connectivity index (χ1) is 4.27. The van der Waals surface area contributed by atoms with Crippen molar-refractivity contribution in [2.75, 3.05) is 0 Å². The Bertz CT molecular complexity index is 79.0. The minimum Gasteiger partial charge on any atom is -0.481 e. The van der Waals surface area contributed by atoms with Crippen molar-refractivity contribution in [3.8, 4) is 0 Å². The zero-order chi connectivity index (χ0) is 7.11. The Kier molecular flexibility index (Phi) is 5.27. The van der Waals surface area contributed by atoms with Gasteiger partial charge in [-0.25, -0.2) is 0 Å². The molecule has 0 atom stereocenters. The van der Waals surface area contributed by atoms with Crippen molar-refractivity contribution in [1.29, 1.82) is 0 Å². The van der Waals surface area contributed by atoms with Gasteiger partial charge in [-0.15, -0.1) is 0 Å². The molecule has 0 heterocycles. The van der Waals surface area contributed by atoms with Gasteiger partial charge in [0.2, 0.25) is 0 Å². The Hall–Kier alpha value is -0.530. The van der Waals surface area contributed by atoms with Crippen LogP contribution in [0.2, 0.25) is 0 Å². The van der Waals surface area contributed by atoms with Crippen molar-refractivity contribution in [1.82, 2.24) is 0 Å². The fourth-order valence-corrected chi connectivity index (χ4v) is 0.703. The molecule has 0 amide bonds. The average molecular weight is 133 g/mol. The predicted molar refractivity (Wildman–Crippen MR) is 36.4 cm³/mol. The summed E-state index contributed by atoms with van der Waals surface area (Å²) in [5, 5.41) is 8.21. The molecule has 2 heteroatoms. The van der Waals surface area contributed by atoms with Crippen molar-refractivity contribution in [2.45, 2.75) is 39.0 Å². The molecule has 0 unspecified atom stereocenters. The van der Waals surface area contributed by atoms with Crippen LogP contribution in [0.15, 0.2) is 0 Å². The number of aliphatic carboxylic acids is 1. The highest BCUT2D eigenvalue weighted by Gasteiger charge is 1.93. The Morgan fingerprint density at radius 3 is 2.44 bits per heavy atom. The van der Waals surface area contributed by atoms with Gasteiger partial charge in [0.25, 0.3) is 0 Å². The van der Waals surface area contributed by atoms with Crippen molar-refractivity contribution < 1.29 is 9.90 Å². The van der Waals surface area contributed by atoms with Gasteiger partial charge in [0, 0.05) is 6.42 Å². The van der Waals surface area contributed by atoms with Crippen LogP contribution < -0.4 is 0 Å². The van der Waals surface area contributed by atoms with Gasteiger partial charge in [-0.2, -0.15) is 0 Å². The number of carboxylic acids is 1. The highest BCUT2D eigenvalue weighted by Crippen LogP contribution is 2.01. The summed E-state index contributed by atoms with van der Waals surface area (Å²) in [5.41, 5.74) is 0. The molecule has 0 aliphatic carbocycles. The first-order valence-electron chi connectivity index (χ1n) is 3.49. The Morgan fingerprint density at radius 1 is 1.33 bits per heavy atom. The highest BCUT2D eigenvalue weighted by atomic mass is 16.4. The van der Waals surface area contributed by atoms with Gasteiger partial charge in [0.05, 0.1) is 0 Å². The fourth-order valence-electron chi connectivity index (χ4n) is 0.703. The van der Waals surface area contributed by atoms with Crippen LogP contribution in [0, 0.1) is 0 Å². The third-order valence-corrected chi connectivity index (χ3v) is 1.24. The lowest BCUT2D eigenvalue weighted by Gasteiger charge is -1.92. The molecule has 9 heavy (non-hydrogen) atoms. The summed E-state index contributed by atoms with van der Waals surface area (Å²) in [4.78, 5) is 9.96. The highest BCUT2D eigenvalue weighted by molar-refractivity contribution is 5.66. The molecular formula is C7H14O2. The smallest absolute Gasteiger partial charge is 0.303 e. The zero-order valence-corrected chi connectivity index (χ0v) is 5.89. The average Bonchev–Trinajstić information content (AvgIpc) is 1.80. The minimum atomic E-state index is -0.675. The number of carboxylic acid groups (broad SMARTS) is 1. The molecule has 0 saturated carbocycles. The van der Waals surface area contributed by atoms with E-state index in [1.807, 2.05) is 0 Å². The second-order valence-corrected chi connectivity index (χ2v) is 2.20. The number of hydrogen-bond acceptors (Lipinski definition) is 1. The number of unbranched alkanes of at least 4 members (excludes halogenated alkanes) is 3. The zero-order valence-electron chi connectivity index (χ0n) is 5.89. The van der Waals surface area contributed by atoms with Gasteiger partial charge < -0.3 is 5.11 Å². The molecule has 1 N–H and O–H groups in total.